The molecule has 4 aromatic rings. The lowest BCUT2D eigenvalue weighted by molar-refractivity contribution is -0.122. The van der Waals surface area contributed by atoms with Crippen molar-refractivity contribution in [2.45, 2.75) is 38.9 Å². The maximum Gasteiger partial charge on any atom is 0.256 e. The average molecular weight is 469 g/mol. The van der Waals surface area contributed by atoms with Crippen LogP contribution < -0.4 is 11.1 Å². The fourth-order valence-electron chi connectivity index (χ4n) is 4.74. The normalized spacial score (nSPS) is 16.0. The quantitative estimate of drug-likeness (QED) is 0.429. The second kappa shape index (κ2) is 9.68. The zero-order valence-electron chi connectivity index (χ0n) is 19.6. The predicted molar refractivity (Wildman–Crippen MR) is 136 cm³/mol. The van der Waals surface area contributed by atoms with Crippen molar-refractivity contribution >= 4 is 28.5 Å². The van der Waals surface area contributed by atoms with E-state index in [4.69, 9.17) is 10.7 Å². The Hall–Kier alpha value is -4.04. The number of rotatable bonds is 7. The summed E-state index contributed by atoms with van der Waals surface area (Å²) < 4.78 is 1.80. The predicted octanol–water partition coefficient (Wildman–Crippen LogP) is 3.82. The Balaban J connectivity index is 1.43. The maximum absolute atomic E-state index is 13.5. The molecule has 0 bridgehead atoms. The Morgan fingerprint density at radius 3 is 2.71 bits per heavy atom. The number of hydrogen-bond acceptors (Lipinski definition) is 5. The van der Waals surface area contributed by atoms with Crippen LogP contribution in [0, 0.1) is 0 Å². The van der Waals surface area contributed by atoms with Gasteiger partial charge in [0.05, 0.1) is 28.9 Å². The molecule has 3 N–H and O–H groups in total. The third kappa shape index (κ3) is 4.65. The van der Waals surface area contributed by atoms with E-state index in [-0.39, 0.29) is 17.9 Å². The second-order valence-electron chi connectivity index (χ2n) is 8.80. The van der Waals surface area contributed by atoms with Crippen LogP contribution in [0.4, 0.5) is 5.69 Å². The number of amides is 2. The van der Waals surface area contributed by atoms with Crippen LogP contribution in [0.25, 0.3) is 22.3 Å². The van der Waals surface area contributed by atoms with Crippen molar-refractivity contribution in [1.29, 1.82) is 0 Å². The maximum atomic E-state index is 13.5. The Morgan fingerprint density at radius 2 is 1.94 bits per heavy atom. The first-order valence-corrected chi connectivity index (χ1v) is 11.9. The Labute approximate surface area is 203 Å². The lowest BCUT2D eigenvalue weighted by atomic mass is 10.1. The number of pyridine rings is 1. The first-order valence-electron chi connectivity index (χ1n) is 11.9. The number of aryl methyl sites for hydroxylation is 1. The molecule has 1 saturated heterocycles. The van der Waals surface area contributed by atoms with Crippen molar-refractivity contribution in [1.82, 2.24) is 19.7 Å². The average Bonchev–Trinajstić information content (AvgIpc) is 3.51. The standard InChI is InChI=1S/C27H28N6O2/c1-2-33-26-22(16-29-33)21(15-23(31-26)19-9-4-3-5-10-19)27(35)30-20-11-6-8-18(14-20)17-32-13-7-12-24(32)25(28)34/h3-6,8-11,14-16,24H,2,7,12-13,17H2,1H3,(H2,28,34)(H,30,35). The molecule has 5 rings (SSSR count). The fraction of sp³-hybridized carbons (Fsp3) is 0.259. The second-order valence-corrected chi connectivity index (χ2v) is 8.80. The van der Waals surface area contributed by atoms with Gasteiger partial charge in [0, 0.05) is 24.3 Å². The summed E-state index contributed by atoms with van der Waals surface area (Å²) in [5, 5.41) is 8.17. The first kappa shape index (κ1) is 22.7. The van der Waals surface area contributed by atoms with Crippen molar-refractivity contribution in [3.8, 4) is 11.3 Å². The lowest BCUT2D eigenvalue weighted by Crippen LogP contribution is -2.39. The highest BCUT2D eigenvalue weighted by molar-refractivity contribution is 6.12. The van der Waals surface area contributed by atoms with Crippen LogP contribution in [0.3, 0.4) is 0 Å². The molecule has 2 amide bonds. The van der Waals surface area contributed by atoms with Gasteiger partial charge in [-0.2, -0.15) is 5.10 Å². The van der Waals surface area contributed by atoms with Crippen LogP contribution in [0.5, 0.6) is 0 Å². The summed E-state index contributed by atoms with van der Waals surface area (Å²) in [6.45, 7) is 4.10. The number of aromatic nitrogens is 3. The Bertz CT molecular complexity index is 1380. The molecule has 3 heterocycles. The molecule has 1 fully saturated rings. The molecule has 1 unspecified atom stereocenters. The van der Waals surface area contributed by atoms with Crippen molar-refractivity contribution in [2.24, 2.45) is 5.73 Å². The molecule has 2 aromatic carbocycles. The van der Waals surface area contributed by atoms with Gasteiger partial charge in [-0.25, -0.2) is 9.67 Å². The summed E-state index contributed by atoms with van der Waals surface area (Å²) >= 11 is 0. The summed E-state index contributed by atoms with van der Waals surface area (Å²) in [7, 11) is 0. The van der Waals surface area contributed by atoms with Gasteiger partial charge in [-0.3, -0.25) is 14.5 Å². The summed E-state index contributed by atoms with van der Waals surface area (Å²) in [6.07, 6.45) is 3.44. The molecule has 0 aliphatic carbocycles. The number of carbonyl (C=O) groups excluding carboxylic acids is 2. The highest BCUT2D eigenvalue weighted by atomic mass is 16.2. The smallest absolute Gasteiger partial charge is 0.256 e. The number of hydrogen-bond donors (Lipinski definition) is 2. The number of carbonyl (C=O) groups is 2. The van der Waals surface area contributed by atoms with Crippen LogP contribution in [0.2, 0.25) is 0 Å². The highest BCUT2D eigenvalue weighted by Gasteiger charge is 2.28. The fourth-order valence-corrected chi connectivity index (χ4v) is 4.74. The number of primary amides is 1. The van der Waals surface area contributed by atoms with Crippen LogP contribution in [-0.4, -0.2) is 44.1 Å². The van der Waals surface area contributed by atoms with Gasteiger partial charge in [-0.05, 0) is 50.1 Å². The number of anilines is 1. The Morgan fingerprint density at radius 1 is 1.11 bits per heavy atom. The third-order valence-electron chi connectivity index (χ3n) is 6.49. The van der Waals surface area contributed by atoms with E-state index in [2.05, 4.69) is 15.3 Å². The number of nitrogens with zero attached hydrogens (tertiary/aromatic N) is 4. The van der Waals surface area contributed by atoms with Crippen LogP contribution in [0.15, 0.2) is 66.9 Å². The molecule has 0 saturated carbocycles. The number of likely N-dealkylation sites (tertiary alicyclic amines) is 1. The van der Waals surface area contributed by atoms with E-state index in [0.29, 0.717) is 35.4 Å². The molecule has 1 atom stereocenters. The monoisotopic (exact) mass is 468 g/mol. The summed E-state index contributed by atoms with van der Waals surface area (Å²) in [5.74, 6) is -0.505. The minimum Gasteiger partial charge on any atom is -0.368 e. The van der Waals surface area contributed by atoms with E-state index < -0.39 is 0 Å². The third-order valence-corrected chi connectivity index (χ3v) is 6.49. The van der Waals surface area contributed by atoms with Crippen molar-refractivity contribution in [2.75, 3.05) is 11.9 Å². The molecule has 178 valence electrons. The molecule has 1 aliphatic rings. The molecule has 2 aromatic heterocycles. The number of benzene rings is 2. The molecule has 1 aliphatic heterocycles. The van der Waals surface area contributed by atoms with E-state index in [9.17, 15) is 9.59 Å². The molecular weight excluding hydrogens is 440 g/mol. The van der Waals surface area contributed by atoms with E-state index in [1.165, 1.54) is 0 Å². The van der Waals surface area contributed by atoms with Gasteiger partial charge < -0.3 is 11.1 Å². The van der Waals surface area contributed by atoms with Gasteiger partial charge in [0.15, 0.2) is 5.65 Å². The summed E-state index contributed by atoms with van der Waals surface area (Å²) in [6, 6.07) is 19.1. The van der Waals surface area contributed by atoms with Crippen molar-refractivity contribution in [3.63, 3.8) is 0 Å². The molecule has 8 nitrogen and oxygen atoms in total. The van der Waals surface area contributed by atoms with Gasteiger partial charge in [0.1, 0.15) is 0 Å². The zero-order chi connectivity index (χ0) is 24.4. The van der Waals surface area contributed by atoms with Gasteiger partial charge >= 0.3 is 0 Å². The summed E-state index contributed by atoms with van der Waals surface area (Å²) in [4.78, 5) is 32.1. The minimum absolute atomic E-state index is 0.224. The molecule has 8 heteroatoms. The minimum atomic E-state index is -0.282. The van der Waals surface area contributed by atoms with Crippen molar-refractivity contribution < 1.29 is 9.59 Å². The van der Waals surface area contributed by atoms with Gasteiger partial charge in [0.25, 0.3) is 5.91 Å². The molecular formula is C27H28N6O2. The number of fused-ring (bicyclic) bond motifs is 1. The van der Waals surface area contributed by atoms with Crippen LogP contribution >= 0.6 is 0 Å². The first-order chi connectivity index (χ1) is 17.0. The highest BCUT2D eigenvalue weighted by Crippen LogP contribution is 2.26. The van der Waals surface area contributed by atoms with Gasteiger partial charge in [-0.15, -0.1) is 0 Å². The van der Waals surface area contributed by atoms with Crippen LogP contribution in [-0.2, 0) is 17.9 Å². The number of nitrogens with two attached hydrogens (primary N) is 1. The molecule has 35 heavy (non-hydrogen) atoms. The molecule has 0 radical (unpaired) electrons. The molecule has 0 spiro atoms. The SMILES string of the molecule is CCn1ncc2c(C(=O)Nc3cccc(CN4CCCC4C(N)=O)c3)cc(-c3ccccc3)nc21. The van der Waals surface area contributed by atoms with Crippen LogP contribution in [0.1, 0.15) is 35.7 Å². The van der Waals surface area contributed by atoms with Crippen molar-refractivity contribution in [3.05, 3.63) is 78.0 Å². The zero-order valence-corrected chi connectivity index (χ0v) is 19.6. The summed E-state index contributed by atoms with van der Waals surface area (Å²) in [5.41, 5.74) is 10.1. The van der Waals surface area contributed by atoms with E-state index in [0.717, 1.165) is 36.2 Å². The van der Waals surface area contributed by atoms with Gasteiger partial charge in [0.2, 0.25) is 5.91 Å². The lowest BCUT2D eigenvalue weighted by Gasteiger charge is -2.22. The topological polar surface area (TPSA) is 106 Å². The van der Waals surface area contributed by atoms with Gasteiger partial charge in [-0.1, -0.05) is 42.5 Å². The number of nitrogens with one attached hydrogen (secondary N) is 1. The van der Waals surface area contributed by atoms with E-state index >= 15 is 0 Å². The largest absolute Gasteiger partial charge is 0.368 e. The Kier molecular flexibility index (Phi) is 6.29. The van der Waals surface area contributed by atoms with E-state index in [1.54, 1.807) is 10.9 Å². The van der Waals surface area contributed by atoms with E-state index in [1.807, 2.05) is 67.6 Å².